The van der Waals surface area contributed by atoms with Crippen LogP contribution in [0.3, 0.4) is 0 Å². The van der Waals surface area contributed by atoms with E-state index in [-0.39, 0.29) is 16.8 Å². The third-order valence-electron chi connectivity index (χ3n) is 5.58. The summed E-state index contributed by atoms with van der Waals surface area (Å²) >= 11 is 1.53. The summed E-state index contributed by atoms with van der Waals surface area (Å²) < 4.78 is 42.7. The first-order valence-corrected chi connectivity index (χ1v) is 13.0. The molecule has 1 atom stereocenters. The van der Waals surface area contributed by atoms with Crippen LogP contribution in [0.4, 0.5) is 10.1 Å². The number of rotatable bonds is 5. The lowest BCUT2D eigenvalue weighted by Crippen LogP contribution is -2.26. The van der Waals surface area contributed by atoms with Gasteiger partial charge in [-0.2, -0.15) is 0 Å². The summed E-state index contributed by atoms with van der Waals surface area (Å²) in [6.07, 6.45) is 0. The van der Waals surface area contributed by atoms with Crippen LogP contribution >= 0.6 is 11.8 Å². The number of hydrogen-bond acceptors (Lipinski definition) is 4. The fourth-order valence-corrected chi connectivity index (χ4v) is 6.08. The van der Waals surface area contributed by atoms with Crippen molar-refractivity contribution in [2.45, 2.75) is 27.7 Å². The van der Waals surface area contributed by atoms with Crippen molar-refractivity contribution < 1.29 is 12.8 Å². The van der Waals surface area contributed by atoms with E-state index in [1.54, 1.807) is 30.3 Å². The quantitative estimate of drug-likeness (QED) is 0.307. The lowest BCUT2D eigenvalue weighted by atomic mass is 10.0. The Balaban J connectivity index is 1.57. The Morgan fingerprint density at radius 2 is 1.56 bits per heavy atom. The van der Waals surface area contributed by atoms with Gasteiger partial charge in [-0.25, -0.2) is 22.5 Å². The van der Waals surface area contributed by atoms with Gasteiger partial charge in [-0.15, -0.1) is 0 Å². The molecule has 0 spiro atoms. The molecule has 1 heterocycles. The van der Waals surface area contributed by atoms with Crippen LogP contribution in [0, 0.1) is 5.82 Å². The molecular weight excluding hydrogens is 467 g/mol. The van der Waals surface area contributed by atoms with E-state index in [2.05, 4.69) is 4.72 Å². The van der Waals surface area contributed by atoms with Crippen LogP contribution in [0.25, 0.3) is 0 Å². The minimum absolute atomic E-state index is 0.141. The maximum absolute atomic E-state index is 13.6. The van der Waals surface area contributed by atoms with Crippen molar-refractivity contribution in [2.75, 3.05) is 0 Å². The van der Waals surface area contributed by atoms with Crippen LogP contribution in [-0.2, 0) is 10.0 Å². The van der Waals surface area contributed by atoms with Gasteiger partial charge in [0.2, 0.25) is 10.0 Å². The van der Waals surface area contributed by atoms with E-state index in [0.717, 1.165) is 26.5 Å². The van der Waals surface area contributed by atoms with Gasteiger partial charge < -0.3 is 0 Å². The fraction of sp³-hybridized carbons (Fsp3) is 0.0741. The molecule has 0 aromatic heterocycles. The zero-order valence-electron chi connectivity index (χ0n) is 18.3. The van der Waals surface area contributed by atoms with Crippen molar-refractivity contribution in [3.05, 3.63) is 120 Å². The van der Waals surface area contributed by atoms with Crippen LogP contribution in [0.1, 0.15) is 29.7 Å². The first kappa shape index (κ1) is 22.5. The summed E-state index contributed by atoms with van der Waals surface area (Å²) in [5, 5.41) is 0. The molecule has 1 aliphatic rings. The van der Waals surface area contributed by atoms with Crippen molar-refractivity contribution in [1.82, 2.24) is 4.72 Å². The van der Waals surface area contributed by atoms with Gasteiger partial charge in [0.15, 0.2) is 0 Å². The lowest BCUT2D eigenvalue weighted by Gasteiger charge is -2.15. The van der Waals surface area contributed by atoms with Crippen molar-refractivity contribution in [3.63, 3.8) is 0 Å². The van der Waals surface area contributed by atoms with Gasteiger partial charge >= 0.3 is 0 Å². The molecule has 4 aromatic rings. The average Bonchev–Trinajstić information content (AvgIpc) is 3.01. The molecule has 170 valence electrons. The van der Waals surface area contributed by atoms with E-state index in [9.17, 15) is 12.8 Å². The Kier molecular flexibility index (Phi) is 6.08. The minimum atomic E-state index is -3.79. The van der Waals surface area contributed by atoms with Crippen LogP contribution in [0.5, 0.6) is 0 Å². The number of aliphatic imine (C=N–C) groups is 1. The average molecular weight is 489 g/mol. The summed E-state index contributed by atoms with van der Waals surface area (Å²) in [4.78, 5) is 6.86. The summed E-state index contributed by atoms with van der Waals surface area (Å²) in [5.41, 5.74) is 3.77. The largest absolute Gasteiger partial charge is 0.247 e. The molecule has 7 heteroatoms. The number of halogens is 1. The van der Waals surface area contributed by atoms with E-state index < -0.39 is 10.0 Å². The molecule has 5 rings (SSSR count). The molecule has 0 saturated heterocycles. The van der Waals surface area contributed by atoms with Gasteiger partial charge in [0, 0.05) is 27.0 Å². The fourth-order valence-electron chi connectivity index (χ4n) is 3.83. The molecule has 0 saturated carbocycles. The van der Waals surface area contributed by atoms with Crippen LogP contribution in [0.2, 0.25) is 0 Å². The summed E-state index contributed by atoms with van der Waals surface area (Å²) in [7, 11) is -3.79. The molecule has 4 nitrogen and oxygen atoms in total. The first-order valence-electron chi connectivity index (χ1n) is 10.7. The predicted octanol–water partition coefficient (Wildman–Crippen LogP) is 6.50. The van der Waals surface area contributed by atoms with E-state index in [4.69, 9.17) is 4.99 Å². The summed E-state index contributed by atoms with van der Waals surface area (Å²) in [6, 6.07) is 28.0. The second-order valence-corrected chi connectivity index (χ2v) is 10.7. The number of sulfonamides is 1. The Morgan fingerprint density at radius 3 is 2.32 bits per heavy atom. The molecule has 0 bridgehead atoms. The number of benzene rings is 4. The molecule has 0 fully saturated rings. The SMILES string of the molecule is CC(NS(=O)(=O)c1ccc2c(c1)N=C(c1ccc(F)cc1)c1ccccc1S2)c1ccccc1. The van der Waals surface area contributed by atoms with Crippen molar-refractivity contribution in [3.8, 4) is 0 Å². The first-order chi connectivity index (χ1) is 16.4. The van der Waals surface area contributed by atoms with Crippen LogP contribution in [-0.4, -0.2) is 14.1 Å². The van der Waals surface area contributed by atoms with Gasteiger partial charge in [0.25, 0.3) is 0 Å². The van der Waals surface area contributed by atoms with Crippen molar-refractivity contribution >= 4 is 33.2 Å². The van der Waals surface area contributed by atoms with Gasteiger partial charge in [-0.3, -0.25) is 0 Å². The molecule has 34 heavy (non-hydrogen) atoms. The highest BCUT2D eigenvalue weighted by Gasteiger charge is 2.23. The molecule has 0 aliphatic carbocycles. The van der Waals surface area contributed by atoms with E-state index in [1.807, 2.05) is 61.5 Å². The standard InChI is InChI=1S/C27H21FN2O2S2/c1-18(19-7-3-2-4-8-19)30-34(31,32)22-15-16-26-24(17-22)29-27(20-11-13-21(28)14-12-20)23-9-5-6-10-25(23)33-26/h2-18,30H,1H3. The molecule has 1 N–H and O–H groups in total. The highest BCUT2D eigenvalue weighted by Crippen LogP contribution is 2.42. The predicted molar refractivity (Wildman–Crippen MR) is 134 cm³/mol. The van der Waals surface area contributed by atoms with Crippen molar-refractivity contribution in [1.29, 1.82) is 0 Å². The number of nitrogens with one attached hydrogen (secondary N) is 1. The molecule has 0 radical (unpaired) electrons. The monoisotopic (exact) mass is 488 g/mol. The molecular formula is C27H21FN2O2S2. The molecule has 1 aliphatic heterocycles. The van der Waals surface area contributed by atoms with Gasteiger partial charge in [-0.1, -0.05) is 60.3 Å². The summed E-state index contributed by atoms with van der Waals surface area (Å²) in [5.74, 6) is -0.326. The maximum Gasteiger partial charge on any atom is 0.241 e. The van der Waals surface area contributed by atoms with E-state index in [1.165, 1.54) is 23.9 Å². The Labute approximate surface area is 202 Å². The van der Waals surface area contributed by atoms with Crippen LogP contribution in [0.15, 0.2) is 117 Å². The topological polar surface area (TPSA) is 58.5 Å². The zero-order valence-corrected chi connectivity index (χ0v) is 19.9. The molecule has 4 aromatic carbocycles. The van der Waals surface area contributed by atoms with Gasteiger partial charge in [0.1, 0.15) is 5.82 Å². The van der Waals surface area contributed by atoms with Crippen LogP contribution < -0.4 is 4.72 Å². The third kappa shape index (κ3) is 4.55. The minimum Gasteiger partial charge on any atom is -0.247 e. The second kappa shape index (κ2) is 9.18. The second-order valence-electron chi connectivity index (χ2n) is 7.95. The number of nitrogens with zero attached hydrogens (tertiary/aromatic N) is 1. The number of hydrogen-bond donors (Lipinski definition) is 1. The van der Waals surface area contributed by atoms with E-state index in [0.29, 0.717) is 11.4 Å². The van der Waals surface area contributed by atoms with Crippen molar-refractivity contribution in [2.24, 2.45) is 4.99 Å². The normalized spacial score (nSPS) is 13.9. The Hall–Kier alpha value is -3.26. The highest BCUT2D eigenvalue weighted by molar-refractivity contribution is 7.99. The smallest absolute Gasteiger partial charge is 0.241 e. The maximum atomic E-state index is 13.6. The zero-order chi connectivity index (χ0) is 23.7. The Morgan fingerprint density at radius 1 is 0.853 bits per heavy atom. The highest BCUT2D eigenvalue weighted by atomic mass is 32.2. The third-order valence-corrected chi connectivity index (χ3v) is 8.26. The lowest BCUT2D eigenvalue weighted by molar-refractivity contribution is 0.567. The number of fused-ring (bicyclic) bond motifs is 2. The molecule has 1 unspecified atom stereocenters. The van der Waals surface area contributed by atoms with Gasteiger partial charge in [-0.05, 0) is 61.0 Å². The van der Waals surface area contributed by atoms with E-state index >= 15 is 0 Å². The van der Waals surface area contributed by atoms with Gasteiger partial charge in [0.05, 0.1) is 16.3 Å². The molecule has 0 amide bonds. The Bertz CT molecular complexity index is 1490. The summed E-state index contributed by atoms with van der Waals surface area (Å²) in [6.45, 7) is 1.81.